The summed E-state index contributed by atoms with van der Waals surface area (Å²) in [4.78, 5) is 11.6. The number of anilines is 1. The Hall–Kier alpha value is -2.70. The number of methoxy groups -OCH3 is 2. The number of hydrogen-bond donors (Lipinski definition) is 2. The molecule has 0 aliphatic heterocycles. The molecule has 0 amide bonds. The molecule has 1 aromatic carbocycles. The van der Waals surface area contributed by atoms with Crippen molar-refractivity contribution in [2.75, 3.05) is 20.0 Å². The van der Waals surface area contributed by atoms with Crippen LogP contribution in [0.1, 0.15) is 10.4 Å². The number of nitrogens with zero attached hydrogens (tertiary/aromatic N) is 1. The van der Waals surface area contributed by atoms with Crippen molar-refractivity contribution in [1.29, 1.82) is 0 Å². The number of phenolic OH excluding ortho intramolecular Hbond substituents is 1. The second kappa shape index (κ2) is 4.89. The monoisotopic (exact) mass is 264 g/mol. The minimum absolute atomic E-state index is 0.0943. The Kier molecular flexibility index (Phi) is 3.28. The van der Waals surface area contributed by atoms with E-state index >= 15 is 0 Å². The van der Waals surface area contributed by atoms with Crippen molar-refractivity contribution < 1.29 is 23.9 Å². The zero-order valence-electron chi connectivity index (χ0n) is 10.3. The van der Waals surface area contributed by atoms with E-state index in [0.717, 1.165) is 0 Å². The number of esters is 1. The Bertz CT molecular complexity index is 621. The Morgan fingerprint density at radius 2 is 2.11 bits per heavy atom. The van der Waals surface area contributed by atoms with Crippen LogP contribution in [0.5, 0.6) is 11.5 Å². The topological polar surface area (TPSA) is 108 Å². The van der Waals surface area contributed by atoms with Gasteiger partial charge in [-0.25, -0.2) is 4.79 Å². The summed E-state index contributed by atoms with van der Waals surface area (Å²) >= 11 is 0. The normalized spacial score (nSPS) is 10.2. The first-order valence-corrected chi connectivity index (χ1v) is 5.28. The second-order valence-corrected chi connectivity index (χ2v) is 3.68. The summed E-state index contributed by atoms with van der Waals surface area (Å²) in [6.45, 7) is 0. The van der Waals surface area contributed by atoms with E-state index in [9.17, 15) is 9.90 Å². The molecule has 100 valence electrons. The van der Waals surface area contributed by atoms with Gasteiger partial charge < -0.3 is 24.8 Å². The van der Waals surface area contributed by atoms with Crippen molar-refractivity contribution in [1.82, 2.24) is 5.16 Å². The average Bonchev–Trinajstić information content (AvgIpc) is 2.84. The average molecular weight is 264 g/mol. The highest BCUT2D eigenvalue weighted by molar-refractivity contribution is 5.92. The molecule has 7 heteroatoms. The summed E-state index contributed by atoms with van der Waals surface area (Å²) in [5.41, 5.74) is 6.20. The van der Waals surface area contributed by atoms with Gasteiger partial charge in [0.25, 0.3) is 0 Å². The predicted molar refractivity (Wildman–Crippen MR) is 65.9 cm³/mol. The maximum Gasteiger partial charge on any atom is 0.338 e. The van der Waals surface area contributed by atoms with Crippen LogP contribution < -0.4 is 10.5 Å². The summed E-state index contributed by atoms with van der Waals surface area (Å²) in [7, 11) is 2.63. The van der Waals surface area contributed by atoms with Gasteiger partial charge in [-0.05, 0) is 12.1 Å². The first-order valence-electron chi connectivity index (χ1n) is 5.28. The number of benzene rings is 1. The zero-order valence-corrected chi connectivity index (χ0v) is 10.3. The van der Waals surface area contributed by atoms with E-state index in [2.05, 4.69) is 9.89 Å². The molecule has 0 aliphatic carbocycles. The Balaban J connectivity index is 2.61. The van der Waals surface area contributed by atoms with Gasteiger partial charge in [0.2, 0.25) is 5.88 Å². The number of carbonyl (C=O) groups is 1. The Morgan fingerprint density at radius 1 is 1.37 bits per heavy atom. The molecule has 2 rings (SSSR count). The van der Waals surface area contributed by atoms with Crippen LogP contribution in [-0.4, -0.2) is 30.5 Å². The maximum absolute atomic E-state index is 11.6. The van der Waals surface area contributed by atoms with E-state index in [1.807, 2.05) is 0 Å². The van der Waals surface area contributed by atoms with Crippen molar-refractivity contribution in [2.24, 2.45) is 0 Å². The summed E-state index contributed by atoms with van der Waals surface area (Å²) in [5.74, 6) is -0.504. The first kappa shape index (κ1) is 12.7. The molecule has 0 atom stereocenters. The molecule has 0 aliphatic rings. The van der Waals surface area contributed by atoms with Gasteiger partial charge in [-0.2, -0.15) is 0 Å². The van der Waals surface area contributed by atoms with Crippen LogP contribution in [0.15, 0.2) is 22.7 Å². The van der Waals surface area contributed by atoms with Gasteiger partial charge in [0.1, 0.15) is 5.69 Å². The number of hydrogen-bond acceptors (Lipinski definition) is 7. The Morgan fingerprint density at radius 3 is 2.63 bits per heavy atom. The lowest BCUT2D eigenvalue weighted by molar-refractivity contribution is 0.0600. The van der Waals surface area contributed by atoms with E-state index in [1.54, 1.807) is 0 Å². The third kappa shape index (κ3) is 2.30. The number of phenols is 1. The van der Waals surface area contributed by atoms with Crippen molar-refractivity contribution in [3.05, 3.63) is 23.8 Å². The molecule has 1 aromatic heterocycles. The number of aromatic hydroxyl groups is 1. The van der Waals surface area contributed by atoms with Crippen molar-refractivity contribution >= 4 is 11.9 Å². The molecule has 19 heavy (non-hydrogen) atoms. The minimum Gasteiger partial charge on any atom is -0.504 e. The van der Waals surface area contributed by atoms with Gasteiger partial charge in [0, 0.05) is 6.07 Å². The highest BCUT2D eigenvalue weighted by Crippen LogP contribution is 2.38. The fourth-order valence-corrected chi connectivity index (χ4v) is 1.61. The smallest absolute Gasteiger partial charge is 0.338 e. The van der Waals surface area contributed by atoms with Crippen molar-refractivity contribution in [2.45, 2.75) is 0 Å². The number of aromatic nitrogens is 1. The van der Waals surface area contributed by atoms with Crippen LogP contribution in [0.25, 0.3) is 11.3 Å². The number of carbonyl (C=O) groups excluding carboxylic acids is 1. The van der Waals surface area contributed by atoms with Gasteiger partial charge in [0.05, 0.1) is 25.3 Å². The number of ether oxygens (including phenoxy) is 2. The van der Waals surface area contributed by atoms with E-state index in [0.29, 0.717) is 5.69 Å². The molecule has 2 aromatic rings. The highest BCUT2D eigenvalue weighted by atomic mass is 16.5. The molecule has 0 fully saturated rings. The van der Waals surface area contributed by atoms with E-state index < -0.39 is 5.97 Å². The van der Waals surface area contributed by atoms with Crippen LogP contribution in [0.2, 0.25) is 0 Å². The molecule has 0 radical (unpaired) electrons. The first-order chi connectivity index (χ1) is 9.06. The molecule has 7 nitrogen and oxygen atoms in total. The fourth-order valence-electron chi connectivity index (χ4n) is 1.61. The number of nitrogens with two attached hydrogens (primary N) is 1. The van der Waals surface area contributed by atoms with Crippen LogP contribution in [0, 0.1) is 0 Å². The van der Waals surface area contributed by atoms with E-state index in [1.165, 1.54) is 32.4 Å². The largest absolute Gasteiger partial charge is 0.504 e. The minimum atomic E-state index is -0.559. The lowest BCUT2D eigenvalue weighted by atomic mass is 10.1. The highest BCUT2D eigenvalue weighted by Gasteiger charge is 2.18. The second-order valence-electron chi connectivity index (χ2n) is 3.68. The molecule has 0 saturated carbocycles. The van der Waals surface area contributed by atoms with Crippen LogP contribution in [0.4, 0.5) is 5.88 Å². The van der Waals surface area contributed by atoms with Gasteiger partial charge in [-0.15, -0.1) is 0 Å². The van der Waals surface area contributed by atoms with E-state index in [-0.39, 0.29) is 28.5 Å². The Labute approximate surface area is 108 Å². The summed E-state index contributed by atoms with van der Waals surface area (Å²) in [5, 5.41) is 13.7. The number of rotatable bonds is 3. The number of nitrogen functional groups attached to an aromatic ring is 1. The molecule has 3 N–H and O–H groups in total. The van der Waals surface area contributed by atoms with E-state index in [4.69, 9.17) is 15.0 Å². The maximum atomic E-state index is 11.6. The molecule has 0 saturated heterocycles. The molecular weight excluding hydrogens is 252 g/mol. The SMILES string of the molecule is COC(=O)c1cc(OC)c(O)c(-c2cc(N)on2)c1. The lowest BCUT2D eigenvalue weighted by Crippen LogP contribution is -2.02. The van der Waals surface area contributed by atoms with Gasteiger partial charge in [-0.1, -0.05) is 5.16 Å². The predicted octanol–water partition coefficient (Wildman–Crippen LogP) is 1.42. The lowest BCUT2D eigenvalue weighted by Gasteiger charge is -2.09. The summed E-state index contributed by atoms with van der Waals surface area (Å²) in [6.07, 6.45) is 0. The van der Waals surface area contributed by atoms with Gasteiger partial charge in [0.15, 0.2) is 11.5 Å². The summed E-state index contributed by atoms with van der Waals surface area (Å²) in [6, 6.07) is 4.21. The molecule has 1 heterocycles. The third-order valence-corrected chi connectivity index (χ3v) is 2.52. The quantitative estimate of drug-likeness (QED) is 0.807. The van der Waals surface area contributed by atoms with Crippen LogP contribution >= 0.6 is 0 Å². The van der Waals surface area contributed by atoms with Crippen molar-refractivity contribution in [3.8, 4) is 22.8 Å². The molecule has 0 unspecified atom stereocenters. The molecule has 0 bridgehead atoms. The molecule has 0 spiro atoms. The van der Waals surface area contributed by atoms with Crippen LogP contribution in [-0.2, 0) is 4.74 Å². The fraction of sp³-hybridized carbons (Fsp3) is 0.167. The van der Waals surface area contributed by atoms with Gasteiger partial charge >= 0.3 is 5.97 Å². The van der Waals surface area contributed by atoms with Crippen LogP contribution in [0.3, 0.4) is 0 Å². The van der Waals surface area contributed by atoms with Crippen molar-refractivity contribution in [3.63, 3.8) is 0 Å². The van der Waals surface area contributed by atoms with Gasteiger partial charge in [-0.3, -0.25) is 0 Å². The molecular formula is C12H12N2O5. The summed E-state index contributed by atoms with van der Waals surface area (Å²) < 4.78 is 14.4. The standard InChI is InChI=1S/C12H12N2O5/c1-17-9-4-6(12(16)18-2)3-7(11(9)15)8-5-10(13)19-14-8/h3-5,15H,13H2,1-2H3. The third-order valence-electron chi connectivity index (χ3n) is 2.52. The zero-order chi connectivity index (χ0) is 14.0.